The smallest absolute Gasteiger partial charge is 0.264 e. The number of rotatable bonds is 9. The van der Waals surface area contributed by atoms with Gasteiger partial charge in [0.05, 0.1) is 21.5 Å². The molecule has 12 heteroatoms. The van der Waals surface area contributed by atoms with Gasteiger partial charge < -0.3 is 14.8 Å². The Labute approximate surface area is 221 Å². The Bertz CT molecular complexity index is 1540. The summed E-state index contributed by atoms with van der Waals surface area (Å²) in [5.74, 6) is -0.639. The van der Waals surface area contributed by atoms with Gasteiger partial charge in [-0.3, -0.25) is 9.10 Å². The van der Waals surface area contributed by atoms with Crippen molar-refractivity contribution in [2.24, 2.45) is 0 Å². The van der Waals surface area contributed by atoms with Crippen molar-refractivity contribution in [2.75, 3.05) is 30.3 Å². The Morgan fingerprint density at radius 1 is 0.947 bits per heavy atom. The summed E-state index contributed by atoms with van der Waals surface area (Å²) in [6.07, 6.45) is 1.56. The first-order chi connectivity index (χ1) is 18.0. The SMILES string of the molecule is CCC(NC(=O)CN(c1cccc(F)c1)S(=O)(=O)c1ccc2c(c1)OCCO2)c1ccc(S(C)(=O)=O)cc1. The predicted molar refractivity (Wildman–Crippen MR) is 139 cm³/mol. The van der Waals surface area contributed by atoms with Gasteiger partial charge in [-0.2, -0.15) is 0 Å². The number of sulfone groups is 1. The van der Waals surface area contributed by atoms with Crippen molar-refractivity contribution >= 4 is 31.5 Å². The molecule has 0 fully saturated rings. The molecular formula is C26H27FN2O7S2. The third kappa shape index (κ3) is 6.08. The van der Waals surface area contributed by atoms with Gasteiger partial charge in [0, 0.05) is 12.3 Å². The van der Waals surface area contributed by atoms with Crippen molar-refractivity contribution in [3.05, 3.63) is 78.1 Å². The van der Waals surface area contributed by atoms with E-state index in [2.05, 4.69) is 5.32 Å². The summed E-state index contributed by atoms with van der Waals surface area (Å²) in [5, 5.41) is 2.80. The molecule has 4 rings (SSSR count). The quantitative estimate of drug-likeness (QED) is 0.424. The van der Waals surface area contributed by atoms with E-state index in [1.807, 2.05) is 6.92 Å². The van der Waals surface area contributed by atoms with E-state index >= 15 is 0 Å². The van der Waals surface area contributed by atoms with Crippen LogP contribution in [0.5, 0.6) is 11.5 Å². The van der Waals surface area contributed by atoms with E-state index in [0.717, 1.165) is 16.6 Å². The molecular weight excluding hydrogens is 535 g/mol. The van der Waals surface area contributed by atoms with Crippen LogP contribution in [0.25, 0.3) is 0 Å². The molecule has 0 aromatic heterocycles. The second-order valence-corrected chi connectivity index (χ2v) is 12.5. The first kappa shape index (κ1) is 27.4. The number of nitrogens with zero attached hydrogens (tertiary/aromatic N) is 1. The molecule has 0 spiro atoms. The number of sulfonamides is 1. The van der Waals surface area contributed by atoms with Gasteiger partial charge in [-0.1, -0.05) is 25.1 Å². The summed E-state index contributed by atoms with van der Waals surface area (Å²) in [5.41, 5.74) is 0.626. The summed E-state index contributed by atoms with van der Waals surface area (Å²) in [4.78, 5) is 13.1. The van der Waals surface area contributed by atoms with Gasteiger partial charge in [-0.15, -0.1) is 0 Å². The molecule has 0 saturated heterocycles. The van der Waals surface area contributed by atoms with Crippen LogP contribution in [0.4, 0.5) is 10.1 Å². The highest BCUT2D eigenvalue weighted by atomic mass is 32.2. The number of fused-ring (bicyclic) bond motifs is 1. The Balaban J connectivity index is 1.62. The molecule has 1 unspecified atom stereocenters. The van der Waals surface area contributed by atoms with Crippen molar-refractivity contribution < 1.29 is 35.5 Å². The average Bonchev–Trinajstić information content (AvgIpc) is 2.89. The Kier molecular flexibility index (Phi) is 7.93. The van der Waals surface area contributed by atoms with Gasteiger partial charge in [0.25, 0.3) is 10.0 Å². The maximum absolute atomic E-state index is 14.1. The lowest BCUT2D eigenvalue weighted by molar-refractivity contribution is -0.120. The van der Waals surface area contributed by atoms with E-state index in [1.165, 1.54) is 48.5 Å². The van der Waals surface area contributed by atoms with Crippen LogP contribution in [0.3, 0.4) is 0 Å². The predicted octanol–water partition coefficient (Wildman–Crippen LogP) is 3.46. The van der Waals surface area contributed by atoms with Crippen LogP contribution in [0.2, 0.25) is 0 Å². The number of anilines is 1. The lowest BCUT2D eigenvalue weighted by atomic mass is 10.0. The molecule has 1 aliphatic heterocycles. The first-order valence-electron chi connectivity index (χ1n) is 11.8. The Morgan fingerprint density at radius 3 is 2.24 bits per heavy atom. The lowest BCUT2D eigenvalue weighted by Crippen LogP contribution is -2.42. The average molecular weight is 563 g/mol. The summed E-state index contributed by atoms with van der Waals surface area (Å²) in [6.45, 7) is 1.80. The minimum atomic E-state index is -4.32. The molecule has 1 aliphatic rings. The van der Waals surface area contributed by atoms with E-state index in [-0.39, 0.29) is 27.8 Å². The van der Waals surface area contributed by atoms with Crippen LogP contribution in [0.15, 0.2) is 76.5 Å². The molecule has 0 saturated carbocycles. The summed E-state index contributed by atoms with van der Waals surface area (Å²) < 4.78 is 76.8. The largest absolute Gasteiger partial charge is 0.486 e. The topological polar surface area (TPSA) is 119 Å². The fourth-order valence-electron chi connectivity index (χ4n) is 4.00. The molecule has 1 heterocycles. The number of benzene rings is 3. The van der Waals surface area contributed by atoms with Crippen molar-refractivity contribution in [1.82, 2.24) is 5.32 Å². The number of halogens is 1. The molecule has 202 valence electrons. The van der Waals surface area contributed by atoms with Gasteiger partial charge in [-0.25, -0.2) is 21.2 Å². The summed E-state index contributed by atoms with van der Waals surface area (Å²) in [6, 6.07) is 14.7. The van der Waals surface area contributed by atoms with Crippen LogP contribution >= 0.6 is 0 Å². The minimum absolute atomic E-state index is 0.0272. The number of hydrogen-bond donors (Lipinski definition) is 1. The van der Waals surface area contributed by atoms with Crippen LogP contribution in [0.1, 0.15) is 24.9 Å². The maximum Gasteiger partial charge on any atom is 0.264 e. The molecule has 0 bridgehead atoms. The van der Waals surface area contributed by atoms with Crippen molar-refractivity contribution in [3.63, 3.8) is 0 Å². The zero-order chi connectivity index (χ0) is 27.5. The molecule has 0 aliphatic carbocycles. The van der Waals surface area contributed by atoms with Gasteiger partial charge in [-0.05, 0) is 54.4 Å². The second-order valence-electron chi connectivity index (χ2n) is 8.67. The fraction of sp³-hybridized carbons (Fsp3) is 0.269. The van der Waals surface area contributed by atoms with Crippen molar-refractivity contribution in [3.8, 4) is 11.5 Å². The minimum Gasteiger partial charge on any atom is -0.486 e. The van der Waals surface area contributed by atoms with Gasteiger partial charge >= 0.3 is 0 Å². The standard InChI is InChI=1S/C26H27FN2O7S2/c1-3-23(18-7-9-21(10-8-18)37(2,31)32)28-26(30)17-29(20-6-4-5-19(27)15-20)38(33,34)22-11-12-24-25(16-22)36-14-13-35-24/h4-12,15-16,23H,3,13-14,17H2,1-2H3,(H,28,30). The molecule has 3 aromatic carbocycles. The monoisotopic (exact) mass is 562 g/mol. The lowest BCUT2D eigenvalue weighted by Gasteiger charge is -2.26. The Hall–Kier alpha value is -3.64. The van der Waals surface area contributed by atoms with Crippen LogP contribution in [-0.4, -0.2) is 48.8 Å². The van der Waals surface area contributed by atoms with Crippen LogP contribution in [-0.2, 0) is 24.7 Å². The van der Waals surface area contributed by atoms with E-state index in [9.17, 15) is 26.0 Å². The summed E-state index contributed by atoms with van der Waals surface area (Å²) in [7, 11) is -7.71. The van der Waals surface area contributed by atoms with Gasteiger partial charge in [0.15, 0.2) is 21.3 Å². The highest BCUT2D eigenvalue weighted by Gasteiger charge is 2.30. The molecule has 3 aromatic rings. The highest BCUT2D eigenvalue weighted by molar-refractivity contribution is 7.93. The third-order valence-corrected chi connectivity index (χ3v) is 8.84. The molecule has 38 heavy (non-hydrogen) atoms. The molecule has 1 N–H and O–H groups in total. The van der Waals surface area contributed by atoms with Crippen LogP contribution < -0.4 is 19.1 Å². The molecule has 9 nitrogen and oxygen atoms in total. The number of nitrogens with one attached hydrogen (secondary N) is 1. The van der Waals surface area contributed by atoms with Crippen molar-refractivity contribution in [2.45, 2.75) is 29.2 Å². The number of amides is 1. The van der Waals surface area contributed by atoms with E-state index in [0.29, 0.717) is 24.3 Å². The maximum atomic E-state index is 14.1. The zero-order valence-electron chi connectivity index (χ0n) is 20.8. The normalized spacial score (nSPS) is 14.0. The van der Waals surface area contributed by atoms with E-state index in [1.54, 1.807) is 12.1 Å². The molecule has 1 atom stereocenters. The van der Waals surface area contributed by atoms with Crippen molar-refractivity contribution in [1.29, 1.82) is 0 Å². The van der Waals surface area contributed by atoms with Crippen LogP contribution in [0, 0.1) is 5.82 Å². The van der Waals surface area contributed by atoms with Gasteiger partial charge in [0.1, 0.15) is 25.6 Å². The van der Waals surface area contributed by atoms with E-state index in [4.69, 9.17) is 9.47 Å². The third-order valence-electron chi connectivity index (χ3n) is 5.94. The van der Waals surface area contributed by atoms with E-state index < -0.39 is 44.2 Å². The zero-order valence-corrected chi connectivity index (χ0v) is 22.4. The molecule has 0 radical (unpaired) electrons. The summed E-state index contributed by atoms with van der Waals surface area (Å²) >= 11 is 0. The second kappa shape index (κ2) is 11.0. The highest BCUT2D eigenvalue weighted by Crippen LogP contribution is 2.34. The number of carbonyl (C=O) groups excluding carboxylic acids is 1. The van der Waals surface area contributed by atoms with Gasteiger partial charge in [0.2, 0.25) is 5.91 Å². The first-order valence-corrected chi connectivity index (χ1v) is 15.1. The molecule has 1 amide bonds. The number of hydrogen-bond acceptors (Lipinski definition) is 7. The Morgan fingerprint density at radius 2 is 1.61 bits per heavy atom. The fourth-order valence-corrected chi connectivity index (χ4v) is 6.06. The number of ether oxygens (including phenoxy) is 2. The number of carbonyl (C=O) groups is 1.